The van der Waals surface area contributed by atoms with Crippen LogP contribution in [0.1, 0.15) is 63.5 Å². The predicted molar refractivity (Wildman–Crippen MR) is 96.4 cm³/mol. The summed E-state index contributed by atoms with van der Waals surface area (Å²) in [6.45, 7) is 7.84. The lowest BCUT2D eigenvalue weighted by Gasteiger charge is -2.34. The van der Waals surface area contributed by atoms with Gasteiger partial charge in [-0.15, -0.1) is 0 Å². The van der Waals surface area contributed by atoms with Crippen molar-refractivity contribution in [2.45, 2.75) is 58.4 Å². The molecule has 1 saturated carbocycles. The average Bonchev–Trinajstić information content (AvgIpc) is 3.12. The Bertz CT molecular complexity index is 655. The normalized spacial score (nSPS) is 22.6. The number of carbonyl (C=O) groups excluding carboxylic acids is 2. The van der Waals surface area contributed by atoms with Gasteiger partial charge >= 0.3 is 6.03 Å². The Morgan fingerprint density at radius 2 is 2.08 bits per heavy atom. The maximum absolute atomic E-state index is 12.7. The van der Waals surface area contributed by atoms with Gasteiger partial charge in [0.05, 0.1) is 0 Å². The first kappa shape index (κ1) is 18.0. The molecular formula is C19H30N4O2. The van der Waals surface area contributed by atoms with Crippen molar-refractivity contribution in [3.05, 3.63) is 18.2 Å². The molecule has 1 unspecified atom stereocenters. The Balaban J connectivity index is 1.61. The third-order valence-electron chi connectivity index (χ3n) is 5.22. The lowest BCUT2D eigenvalue weighted by atomic mass is 9.86. The number of hydrogen-bond acceptors (Lipinski definition) is 3. The topological polar surface area (TPSA) is 67.2 Å². The number of ketones is 1. The van der Waals surface area contributed by atoms with E-state index in [1.165, 1.54) is 0 Å². The molecule has 1 N–H and O–H groups in total. The third kappa shape index (κ3) is 4.22. The van der Waals surface area contributed by atoms with Crippen LogP contribution in [0, 0.1) is 11.3 Å². The molecule has 2 aliphatic rings. The zero-order chi connectivity index (χ0) is 18.2. The van der Waals surface area contributed by atoms with Gasteiger partial charge in [-0.05, 0) is 37.5 Å². The fraction of sp³-hybridized carbons (Fsp3) is 0.737. The maximum Gasteiger partial charge on any atom is 0.317 e. The first-order chi connectivity index (χ1) is 11.7. The molecule has 1 aromatic heterocycles. The van der Waals surface area contributed by atoms with Gasteiger partial charge < -0.3 is 14.8 Å². The molecule has 2 fully saturated rings. The van der Waals surface area contributed by atoms with Gasteiger partial charge in [-0.25, -0.2) is 9.78 Å². The largest absolute Gasteiger partial charge is 0.333 e. The van der Waals surface area contributed by atoms with E-state index in [1.54, 1.807) is 17.0 Å². The predicted octanol–water partition coefficient (Wildman–Crippen LogP) is 2.99. The third-order valence-corrected chi connectivity index (χ3v) is 5.22. The van der Waals surface area contributed by atoms with Crippen molar-refractivity contribution < 1.29 is 9.59 Å². The van der Waals surface area contributed by atoms with Crippen molar-refractivity contribution in [3.8, 4) is 0 Å². The summed E-state index contributed by atoms with van der Waals surface area (Å²) in [5, 5.41) is 3.25. The Labute approximate surface area is 150 Å². The highest BCUT2D eigenvalue weighted by molar-refractivity contribution is 5.95. The highest BCUT2D eigenvalue weighted by Crippen LogP contribution is 2.44. The number of piperidine rings is 1. The molecule has 2 amide bonds. The maximum atomic E-state index is 12.7. The number of nitrogens with zero attached hydrogens (tertiary/aromatic N) is 3. The fourth-order valence-electron chi connectivity index (χ4n) is 3.98. The van der Waals surface area contributed by atoms with Crippen molar-refractivity contribution in [1.29, 1.82) is 0 Å². The Hall–Kier alpha value is -1.85. The van der Waals surface area contributed by atoms with Gasteiger partial charge in [0.25, 0.3) is 0 Å². The monoisotopic (exact) mass is 346 g/mol. The van der Waals surface area contributed by atoms with E-state index in [0.717, 1.165) is 38.6 Å². The van der Waals surface area contributed by atoms with Crippen LogP contribution in [-0.2, 0) is 7.05 Å². The van der Waals surface area contributed by atoms with E-state index >= 15 is 0 Å². The minimum atomic E-state index is -0.154. The average molecular weight is 346 g/mol. The van der Waals surface area contributed by atoms with Gasteiger partial charge in [-0.1, -0.05) is 20.8 Å². The lowest BCUT2D eigenvalue weighted by molar-refractivity contribution is 0.0829. The molecule has 138 valence electrons. The van der Waals surface area contributed by atoms with Crippen LogP contribution in [0.15, 0.2) is 12.4 Å². The van der Waals surface area contributed by atoms with Gasteiger partial charge in [0.1, 0.15) is 0 Å². The zero-order valence-electron chi connectivity index (χ0n) is 15.8. The SMILES string of the molecule is Cn1ccnc1C(=O)C1CCCN(C(=O)NC2(CC(C)(C)C)CC2)C1. The quantitative estimate of drug-likeness (QED) is 0.852. The number of carbonyl (C=O) groups is 2. The molecule has 1 saturated heterocycles. The van der Waals surface area contributed by atoms with Crippen LogP contribution >= 0.6 is 0 Å². The smallest absolute Gasteiger partial charge is 0.317 e. The Morgan fingerprint density at radius 1 is 1.36 bits per heavy atom. The molecule has 1 aliphatic heterocycles. The van der Waals surface area contributed by atoms with Crippen LogP contribution in [0.2, 0.25) is 0 Å². The molecule has 1 atom stereocenters. The van der Waals surface area contributed by atoms with E-state index in [-0.39, 0.29) is 28.7 Å². The number of urea groups is 1. The van der Waals surface area contributed by atoms with Gasteiger partial charge in [-0.2, -0.15) is 0 Å². The number of amides is 2. The van der Waals surface area contributed by atoms with Crippen LogP contribution in [0.5, 0.6) is 0 Å². The summed E-state index contributed by atoms with van der Waals surface area (Å²) >= 11 is 0. The minimum absolute atomic E-state index is 0.0147. The first-order valence-electron chi connectivity index (χ1n) is 9.28. The number of Topliss-reactive ketones (excluding diaryl/α,β-unsaturated/α-hetero) is 1. The summed E-state index contributed by atoms with van der Waals surface area (Å²) in [7, 11) is 1.83. The number of imidazole rings is 1. The summed E-state index contributed by atoms with van der Waals surface area (Å²) < 4.78 is 1.75. The van der Waals surface area contributed by atoms with E-state index < -0.39 is 0 Å². The summed E-state index contributed by atoms with van der Waals surface area (Å²) in [6.07, 6.45) is 8.21. The van der Waals surface area contributed by atoms with Crippen molar-refractivity contribution >= 4 is 11.8 Å². The van der Waals surface area contributed by atoms with E-state index in [0.29, 0.717) is 12.4 Å². The summed E-state index contributed by atoms with van der Waals surface area (Å²) in [6, 6.07) is -0.0147. The number of nitrogens with one attached hydrogen (secondary N) is 1. The summed E-state index contributed by atoms with van der Waals surface area (Å²) in [5.74, 6) is 0.373. The standard InChI is InChI=1S/C19H30N4O2/c1-18(2,3)13-19(7-8-19)21-17(25)23-10-5-6-14(12-23)15(24)16-20-9-11-22(16)4/h9,11,14H,5-8,10,12-13H2,1-4H3,(H,21,25). The molecule has 0 bridgehead atoms. The molecule has 2 heterocycles. The van der Waals surface area contributed by atoms with E-state index in [1.807, 2.05) is 11.9 Å². The van der Waals surface area contributed by atoms with Crippen LogP contribution in [0.4, 0.5) is 4.79 Å². The summed E-state index contributed by atoms with van der Waals surface area (Å²) in [5.41, 5.74) is 0.161. The van der Waals surface area contributed by atoms with E-state index in [9.17, 15) is 9.59 Å². The number of aromatic nitrogens is 2. The molecular weight excluding hydrogens is 316 g/mol. The second-order valence-corrected chi connectivity index (χ2v) is 8.96. The molecule has 1 aromatic rings. The van der Waals surface area contributed by atoms with E-state index in [4.69, 9.17) is 0 Å². The number of aryl methyl sites for hydroxylation is 1. The minimum Gasteiger partial charge on any atom is -0.333 e. The Kier molecular flexibility index (Phi) is 4.64. The highest BCUT2D eigenvalue weighted by atomic mass is 16.2. The molecule has 0 radical (unpaired) electrons. The number of hydrogen-bond donors (Lipinski definition) is 1. The van der Waals surface area contributed by atoms with Gasteiger partial charge in [0, 0.05) is 44.0 Å². The number of rotatable bonds is 4. The van der Waals surface area contributed by atoms with Crippen LogP contribution in [0.25, 0.3) is 0 Å². The second-order valence-electron chi connectivity index (χ2n) is 8.96. The van der Waals surface area contributed by atoms with Crippen LogP contribution in [-0.4, -0.2) is 44.9 Å². The fourth-order valence-corrected chi connectivity index (χ4v) is 3.98. The van der Waals surface area contributed by atoms with Crippen LogP contribution in [0.3, 0.4) is 0 Å². The van der Waals surface area contributed by atoms with Gasteiger partial charge in [0.15, 0.2) is 5.82 Å². The molecule has 6 nitrogen and oxygen atoms in total. The number of likely N-dealkylation sites (tertiary alicyclic amines) is 1. The zero-order valence-corrected chi connectivity index (χ0v) is 15.8. The van der Waals surface area contributed by atoms with Crippen molar-refractivity contribution in [2.24, 2.45) is 18.4 Å². The van der Waals surface area contributed by atoms with Gasteiger partial charge in [0.2, 0.25) is 5.78 Å². The summed E-state index contributed by atoms with van der Waals surface area (Å²) in [4.78, 5) is 31.4. The Morgan fingerprint density at radius 3 is 2.64 bits per heavy atom. The highest BCUT2D eigenvalue weighted by Gasteiger charge is 2.47. The van der Waals surface area contributed by atoms with Gasteiger partial charge in [-0.3, -0.25) is 4.79 Å². The van der Waals surface area contributed by atoms with Crippen molar-refractivity contribution in [1.82, 2.24) is 19.8 Å². The molecule has 1 aliphatic carbocycles. The second kappa shape index (κ2) is 6.46. The first-order valence-corrected chi connectivity index (χ1v) is 9.28. The molecule has 0 spiro atoms. The van der Waals surface area contributed by atoms with E-state index in [2.05, 4.69) is 31.1 Å². The molecule has 3 rings (SSSR count). The molecule has 25 heavy (non-hydrogen) atoms. The van der Waals surface area contributed by atoms with Crippen molar-refractivity contribution in [3.63, 3.8) is 0 Å². The van der Waals surface area contributed by atoms with Crippen molar-refractivity contribution in [2.75, 3.05) is 13.1 Å². The molecule has 6 heteroatoms. The van der Waals surface area contributed by atoms with Crippen LogP contribution < -0.4 is 5.32 Å². The lowest BCUT2D eigenvalue weighted by Crippen LogP contribution is -2.51. The molecule has 0 aromatic carbocycles.